The summed E-state index contributed by atoms with van der Waals surface area (Å²) in [6, 6.07) is 6.89. The van der Waals surface area contributed by atoms with E-state index in [1.807, 2.05) is 6.07 Å². The molecule has 3 atom stereocenters. The zero-order valence-corrected chi connectivity index (χ0v) is 19.1. The molecule has 1 aliphatic carbocycles. The first kappa shape index (κ1) is 23.8. The number of rotatable bonds is 6. The summed E-state index contributed by atoms with van der Waals surface area (Å²) in [6.07, 6.45) is 3.78. The van der Waals surface area contributed by atoms with Crippen molar-refractivity contribution in [3.05, 3.63) is 29.8 Å². The molecule has 4 nitrogen and oxygen atoms in total. The molecule has 1 N–H and O–H groups in total. The van der Waals surface area contributed by atoms with Gasteiger partial charge < -0.3 is 19.6 Å². The van der Waals surface area contributed by atoms with E-state index >= 15 is 0 Å². The molecule has 0 spiro atoms. The molecule has 1 unspecified atom stereocenters. The fourth-order valence-electron chi connectivity index (χ4n) is 6.14. The van der Waals surface area contributed by atoms with Gasteiger partial charge in [-0.2, -0.15) is 0 Å². The van der Waals surface area contributed by atoms with E-state index in [9.17, 15) is 18.3 Å². The normalized spacial score (nSPS) is 29.8. The van der Waals surface area contributed by atoms with Crippen LogP contribution >= 0.6 is 0 Å². The smallest absolute Gasteiger partial charge is 0.406 e. The number of likely N-dealkylation sites (tertiary alicyclic amines) is 2. The standard InChI is InChI=1S/C25H37F3N2O2/c1-19-8-11-24(31,17-19)23(20-6-5-7-22(16-20)32-25(26,27)28)18-29-14-9-21(10-15-29)30-12-3-2-4-13-30/h5-7,16,19,21,23,31H,2-4,8-15,17-18H2,1H3/t19-,23-,24?/m1/s1. The van der Waals surface area contributed by atoms with Gasteiger partial charge >= 0.3 is 6.36 Å². The summed E-state index contributed by atoms with van der Waals surface area (Å²) in [5, 5.41) is 11.6. The van der Waals surface area contributed by atoms with Gasteiger partial charge in [-0.15, -0.1) is 13.2 Å². The number of aliphatic hydroxyl groups is 1. The average Bonchev–Trinajstić information content (AvgIpc) is 3.11. The Bertz CT molecular complexity index is 745. The second kappa shape index (κ2) is 9.90. The number of alkyl halides is 3. The Balaban J connectivity index is 1.47. The SMILES string of the molecule is C[C@@H]1CCC(O)([C@H](CN2CCC(N3CCCCC3)CC2)c2cccc(OC(F)(F)F)c2)C1. The molecule has 1 aromatic carbocycles. The Morgan fingerprint density at radius 1 is 1.09 bits per heavy atom. The highest BCUT2D eigenvalue weighted by Crippen LogP contribution is 2.45. The first-order valence-electron chi connectivity index (χ1n) is 12.3. The quantitative estimate of drug-likeness (QED) is 0.643. The van der Waals surface area contributed by atoms with Crippen LogP contribution in [-0.2, 0) is 0 Å². The molecule has 1 saturated carbocycles. The molecule has 180 valence electrons. The predicted molar refractivity (Wildman–Crippen MR) is 119 cm³/mol. The monoisotopic (exact) mass is 454 g/mol. The van der Waals surface area contributed by atoms with Crippen molar-refractivity contribution in [1.82, 2.24) is 9.80 Å². The van der Waals surface area contributed by atoms with E-state index in [2.05, 4.69) is 21.5 Å². The number of hydrogen-bond acceptors (Lipinski definition) is 4. The van der Waals surface area contributed by atoms with Crippen LogP contribution in [0.3, 0.4) is 0 Å². The van der Waals surface area contributed by atoms with Crippen molar-refractivity contribution in [2.75, 3.05) is 32.7 Å². The third-order valence-electron chi connectivity index (χ3n) is 7.82. The molecule has 0 amide bonds. The first-order chi connectivity index (χ1) is 15.2. The maximum absolute atomic E-state index is 12.8. The van der Waals surface area contributed by atoms with Crippen LogP contribution < -0.4 is 4.74 Å². The molecular weight excluding hydrogens is 417 g/mol. The van der Waals surface area contributed by atoms with E-state index in [4.69, 9.17) is 0 Å². The lowest BCUT2D eigenvalue weighted by molar-refractivity contribution is -0.274. The van der Waals surface area contributed by atoms with E-state index < -0.39 is 12.0 Å². The van der Waals surface area contributed by atoms with E-state index in [-0.39, 0.29) is 11.7 Å². The Morgan fingerprint density at radius 2 is 1.81 bits per heavy atom. The van der Waals surface area contributed by atoms with Crippen molar-refractivity contribution in [2.24, 2.45) is 5.92 Å². The molecule has 32 heavy (non-hydrogen) atoms. The number of benzene rings is 1. The molecule has 0 bridgehead atoms. The van der Waals surface area contributed by atoms with E-state index in [0.29, 0.717) is 31.3 Å². The zero-order valence-electron chi connectivity index (χ0n) is 19.1. The van der Waals surface area contributed by atoms with Gasteiger partial charge in [-0.3, -0.25) is 0 Å². The number of hydrogen-bond donors (Lipinski definition) is 1. The molecule has 2 aliphatic heterocycles. The van der Waals surface area contributed by atoms with Crippen LogP contribution in [0.1, 0.15) is 69.8 Å². The molecule has 0 radical (unpaired) electrons. The van der Waals surface area contributed by atoms with Gasteiger partial charge in [-0.1, -0.05) is 25.5 Å². The van der Waals surface area contributed by atoms with Gasteiger partial charge in [-0.05, 0) is 94.7 Å². The molecule has 2 heterocycles. The molecule has 0 aromatic heterocycles. The van der Waals surface area contributed by atoms with Crippen molar-refractivity contribution < 1.29 is 23.0 Å². The average molecular weight is 455 g/mol. The minimum Gasteiger partial charge on any atom is -0.406 e. The summed E-state index contributed by atoms with van der Waals surface area (Å²) < 4.78 is 42.5. The Hall–Kier alpha value is -1.31. The molecular formula is C25H37F3N2O2. The van der Waals surface area contributed by atoms with Crippen molar-refractivity contribution in [3.63, 3.8) is 0 Å². The third kappa shape index (κ3) is 5.97. The van der Waals surface area contributed by atoms with Crippen LogP contribution in [-0.4, -0.2) is 65.6 Å². The fraction of sp³-hybridized carbons (Fsp3) is 0.760. The summed E-state index contributed by atoms with van der Waals surface area (Å²) in [5.74, 6) is -0.0174. The summed E-state index contributed by atoms with van der Waals surface area (Å²) in [7, 11) is 0. The number of halogens is 3. The van der Waals surface area contributed by atoms with Crippen molar-refractivity contribution in [2.45, 2.75) is 82.2 Å². The van der Waals surface area contributed by atoms with Gasteiger partial charge in [0.05, 0.1) is 5.60 Å². The van der Waals surface area contributed by atoms with Gasteiger partial charge in [0.2, 0.25) is 0 Å². The lowest BCUT2D eigenvalue weighted by Gasteiger charge is -2.43. The molecule has 1 aromatic rings. The van der Waals surface area contributed by atoms with Gasteiger partial charge in [-0.25, -0.2) is 0 Å². The highest BCUT2D eigenvalue weighted by Gasteiger charge is 2.44. The summed E-state index contributed by atoms with van der Waals surface area (Å²) in [4.78, 5) is 5.05. The summed E-state index contributed by atoms with van der Waals surface area (Å²) >= 11 is 0. The van der Waals surface area contributed by atoms with Crippen molar-refractivity contribution in [1.29, 1.82) is 0 Å². The minimum absolute atomic E-state index is 0.210. The lowest BCUT2D eigenvalue weighted by atomic mass is 9.79. The predicted octanol–water partition coefficient (Wildman–Crippen LogP) is 5.17. The van der Waals surface area contributed by atoms with Crippen LogP contribution in [0.2, 0.25) is 0 Å². The highest BCUT2D eigenvalue weighted by molar-refractivity contribution is 5.33. The maximum atomic E-state index is 12.8. The second-order valence-electron chi connectivity index (χ2n) is 10.3. The maximum Gasteiger partial charge on any atom is 0.573 e. The van der Waals surface area contributed by atoms with E-state index in [1.54, 1.807) is 6.07 Å². The van der Waals surface area contributed by atoms with Gasteiger partial charge in [0, 0.05) is 18.5 Å². The largest absolute Gasteiger partial charge is 0.573 e. The van der Waals surface area contributed by atoms with Crippen molar-refractivity contribution >= 4 is 0 Å². The van der Waals surface area contributed by atoms with Crippen LogP contribution in [0.4, 0.5) is 13.2 Å². The van der Waals surface area contributed by atoms with Gasteiger partial charge in [0.1, 0.15) is 5.75 Å². The van der Waals surface area contributed by atoms with Crippen LogP contribution in [0.15, 0.2) is 24.3 Å². The fourth-order valence-corrected chi connectivity index (χ4v) is 6.14. The lowest BCUT2D eigenvalue weighted by Crippen LogP contribution is -2.49. The van der Waals surface area contributed by atoms with Gasteiger partial charge in [0.25, 0.3) is 0 Å². The molecule has 2 saturated heterocycles. The number of ether oxygens (including phenoxy) is 1. The highest BCUT2D eigenvalue weighted by atomic mass is 19.4. The molecule has 7 heteroatoms. The van der Waals surface area contributed by atoms with Gasteiger partial charge in [0.15, 0.2) is 0 Å². The van der Waals surface area contributed by atoms with E-state index in [0.717, 1.165) is 37.9 Å². The second-order valence-corrected chi connectivity index (χ2v) is 10.3. The topological polar surface area (TPSA) is 35.9 Å². The number of piperidine rings is 2. The third-order valence-corrected chi connectivity index (χ3v) is 7.82. The molecule has 3 aliphatic rings. The number of nitrogens with zero attached hydrogens (tertiary/aromatic N) is 2. The summed E-state index contributed by atoms with van der Waals surface area (Å²) in [6.45, 7) is 7.17. The first-order valence-corrected chi connectivity index (χ1v) is 12.3. The van der Waals surface area contributed by atoms with Crippen LogP contribution in [0.25, 0.3) is 0 Å². The Labute approximate surface area is 189 Å². The minimum atomic E-state index is -4.72. The van der Waals surface area contributed by atoms with Crippen LogP contribution in [0.5, 0.6) is 5.75 Å². The Morgan fingerprint density at radius 3 is 2.44 bits per heavy atom. The van der Waals surface area contributed by atoms with Crippen molar-refractivity contribution in [3.8, 4) is 5.75 Å². The van der Waals surface area contributed by atoms with Crippen LogP contribution in [0, 0.1) is 5.92 Å². The zero-order chi connectivity index (χ0) is 22.8. The van der Waals surface area contributed by atoms with E-state index in [1.165, 1.54) is 44.5 Å². The summed E-state index contributed by atoms with van der Waals surface area (Å²) in [5.41, 5.74) is -0.151. The molecule has 3 fully saturated rings. The molecule has 4 rings (SSSR count). The Kier molecular flexibility index (Phi) is 7.37.